The van der Waals surface area contributed by atoms with Crippen LogP contribution >= 0.6 is 0 Å². The van der Waals surface area contributed by atoms with Gasteiger partial charge in [-0.15, -0.1) is 0 Å². The quantitative estimate of drug-likeness (QED) is 0.352. The number of aryl methyl sites for hydroxylation is 1. The molecule has 1 aliphatic rings. The maximum Gasteiger partial charge on any atom is 0.419 e. The number of ether oxygens (including phenoxy) is 4. The van der Waals surface area contributed by atoms with Gasteiger partial charge in [0.2, 0.25) is 0 Å². The second kappa shape index (κ2) is 11.7. The SMILES string of the molecule is CCO[C@@H]1CCN(C(=O)c2c(OC)cc(C)c3c2ccn3C(=O)OC(C)(C)C)[C@H](c2ccc(C(=O)OC)cc2)C1. The number of carbonyl (C=O) groups excluding carboxylic acids is 3. The van der Waals surface area contributed by atoms with Gasteiger partial charge in [0.1, 0.15) is 11.4 Å². The van der Waals surface area contributed by atoms with E-state index in [9.17, 15) is 14.4 Å². The van der Waals surface area contributed by atoms with E-state index in [1.807, 2.05) is 51.7 Å². The lowest BCUT2D eigenvalue weighted by atomic mass is 9.91. The summed E-state index contributed by atoms with van der Waals surface area (Å²) in [5, 5.41) is 0.611. The molecular formula is C31H38N2O7. The average molecular weight is 551 g/mol. The van der Waals surface area contributed by atoms with E-state index in [2.05, 4.69) is 0 Å². The average Bonchev–Trinajstić information content (AvgIpc) is 3.37. The number of rotatable bonds is 6. The van der Waals surface area contributed by atoms with Crippen LogP contribution in [0.4, 0.5) is 4.79 Å². The van der Waals surface area contributed by atoms with E-state index in [1.165, 1.54) is 18.8 Å². The van der Waals surface area contributed by atoms with Crippen molar-refractivity contribution in [1.82, 2.24) is 9.47 Å². The molecule has 4 rings (SSSR count). The van der Waals surface area contributed by atoms with Gasteiger partial charge in [0, 0.05) is 24.7 Å². The maximum absolute atomic E-state index is 14.4. The zero-order chi connectivity index (χ0) is 29.2. The maximum atomic E-state index is 14.4. The van der Waals surface area contributed by atoms with E-state index in [1.54, 1.807) is 30.5 Å². The summed E-state index contributed by atoms with van der Waals surface area (Å²) in [4.78, 5) is 41.2. The summed E-state index contributed by atoms with van der Waals surface area (Å²) in [7, 11) is 2.88. The molecule has 9 heteroatoms. The molecule has 1 fully saturated rings. The minimum absolute atomic E-state index is 0.00693. The Morgan fingerprint density at radius 3 is 2.35 bits per heavy atom. The Bertz CT molecular complexity index is 1400. The van der Waals surface area contributed by atoms with E-state index in [-0.39, 0.29) is 18.1 Å². The predicted octanol–water partition coefficient (Wildman–Crippen LogP) is 5.91. The number of amides is 1. The van der Waals surface area contributed by atoms with Crippen LogP contribution in [0.1, 0.15) is 78.4 Å². The molecule has 3 aromatic rings. The molecule has 0 N–H and O–H groups in total. The number of likely N-dealkylation sites (tertiary alicyclic amines) is 1. The van der Waals surface area contributed by atoms with E-state index < -0.39 is 17.7 Å². The van der Waals surface area contributed by atoms with Gasteiger partial charge in [-0.3, -0.25) is 9.36 Å². The van der Waals surface area contributed by atoms with Gasteiger partial charge in [0.05, 0.1) is 43.0 Å². The highest BCUT2D eigenvalue weighted by molar-refractivity contribution is 6.11. The minimum atomic E-state index is -0.672. The fourth-order valence-corrected chi connectivity index (χ4v) is 5.33. The van der Waals surface area contributed by atoms with Gasteiger partial charge in [0.15, 0.2) is 0 Å². The van der Waals surface area contributed by atoms with Crippen LogP contribution in [0, 0.1) is 6.92 Å². The summed E-state index contributed by atoms with van der Waals surface area (Å²) in [6.45, 7) is 10.3. The zero-order valence-electron chi connectivity index (χ0n) is 24.3. The highest BCUT2D eigenvalue weighted by atomic mass is 16.6. The smallest absolute Gasteiger partial charge is 0.419 e. The largest absolute Gasteiger partial charge is 0.496 e. The molecule has 0 spiro atoms. The molecule has 1 amide bonds. The molecule has 0 bridgehead atoms. The van der Waals surface area contributed by atoms with Crippen LogP contribution in [0.5, 0.6) is 5.75 Å². The molecule has 2 heterocycles. The van der Waals surface area contributed by atoms with Gasteiger partial charge >= 0.3 is 12.1 Å². The van der Waals surface area contributed by atoms with Crippen LogP contribution in [0.25, 0.3) is 10.9 Å². The first-order valence-electron chi connectivity index (χ1n) is 13.5. The fraction of sp³-hybridized carbons (Fsp3) is 0.452. The van der Waals surface area contributed by atoms with Crippen LogP contribution in [0.15, 0.2) is 42.6 Å². The first-order chi connectivity index (χ1) is 19.0. The van der Waals surface area contributed by atoms with Gasteiger partial charge in [-0.05, 0) is 82.9 Å². The Morgan fingerprint density at radius 2 is 1.75 bits per heavy atom. The molecule has 2 aromatic carbocycles. The van der Waals surface area contributed by atoms with Crippen molar-refractivity contribution >= 4 is 28.9 Å². The number of methoxy groups -OCH3 is 2. The molecule has 0 radical (unpaired) electrons. The lowest BCUT2D eigenvalue weighted by Crippen LogP contribution is -2.43. The minimum Gasteiger partial charge on any atom is -0.496 e. The van der Waals surface area contributed by atoms with Gasteiger partial charge in [-0.2, -0.15) is 0 Å². The molecule has 0 saturated carbocycles. The van der Waals surface area contributed by atoms with Crippen molar-refractivity contribution in [3.63, 3.8) is 0 Å². The molecule has 0 aliphatic carbocycles. The zero-order valence-corrected chi connectivity index (χ0v) is 24.3. The molecule has 2 atom stereocenters. The van der Waals surface area contributed by atoms with E-state index in [0.717, 1.165) is 11.1 Å². The topological polar surface area (TPSA) is 96.3 Å². The monoisotopic (exact) mass is 550 g/mol. The van der Waals surface area contributed by atoms with Crippen LogP contribution in [0.3, 0.4) is 0 Å². The number of nitrogens with zero attached hydrogens (tertiary/aromatic N) is 2. The number of aromatic nitrogens is 1. The number of hydrogen-bond donors (Lipinski definition) is 0. The third-order valence-corrected chi connectivity index (χ3v) is 7.08. The third kappa shape index (κ3) is 5.84. The van der Waals surface area contributed by atoms with Crippen molar-refractivity contribution < 1.29 is 33.3 Å². The number of piperidine rings is 1. The summed E-state index contributed by atoms with van der Waals surface area (Å²) in [6.07, 6.45) is 2.40. The first-order valence-corrected chi connectivity index (χ1v) is 13.5. The van der Waals surface area contributed by atoms with E-state index >= 15 is 0 Å². The van der Waals surface area contributed by atoms with Crippen LogP contribution < -0.4 is 4.74 Å². The van der Waals surface area contributed by atoms with Crippen molar-refractivity contribution in [2.45, 2.75) is 65.2 Å². The number of fused-ring (bicyclic) bond motifs is 1. The number of hydrogen-bond acceptors (Lipinski definition) is 7. The Labute approximate surface area is 234 Å². The molecule has 1 aromatic heterocycles. The molecule has 0 unspecified atom stereocenters. The predicted molar refractivity (Wildman–Crippen MR) is 151 cm³/mol. The highest BCUT2D eigenvalue weighted by Gasteiger charge is 2.36. The van der Waals surface area contributed by atoms with Crippen molar-refractivity contribution in [2.24, 2.45) is 0 Å². The first kappa shape index (κ1) is 29.1. The van der Waals surface area contributed by atoms with Crippen molar-refractivity contribution in [3.05, 3.63) is 64.8 Å². The number of carbonyl (C=O) groups is 3. The van der Waals surface area contributed by atoms with Crippen molar-refractivity contribution in [2.75, 3.05) is 27.4 Å². The number of benzene rings is 2. The van der Waals surface area contributed by atoms with E-state index in [4.69, 9.17) is 18.9 Å². The Hall–Kier alpha value is -3.85. The van der Waals surface area contributed by atoms with Crippen LogP contribution in [-0.4, -0.2) is 66.5 Å². The van der Waals surface area contributed by atoms with Gasteiger partial charge in [0.25, 0.3) is 5.91 Å². The van der Waals surface area contributed by atoms with E-state index in [0.29, 0.717) is 53.8 Å². The van der Waals surface area contributed by atoms with Gasteiger partial charge < -0.3 is 23.8 Å². The van der Waals surface area contributed by atoms with Gasteiger partial charge in [-0.25, -0.2) is 9.59 Å². The second-order valence-corrected chi connectivity index (χ2v) is 10.9. The Morgan fingerprint density at radius 1 is 1.05 bits per heavy atom. The van der Waals surface area contributed by atoms with Crippen molar-refractivity contribution in [3.8, 4) is 5.75 Å². The normalized spacial score (nSPS) is 17.5. The molecule has 1 saturated heterocycles. The van der Waals surface area contributed by atoms with Gasteiger partial charge in [-0.1, -0.05) is 12.1 Å². The van der Waals surface area contributed by atoms with Crippen LogP contribution in [-0.2, 0) is 14.2 Å². The third-order valence-electron chi connectivity index (χ3n) is 7.08. The summed E-state index contributed by atoms with van der Waals surface area (Å²) in [5.41, 5.74) is 2.42. The molecule has 1 aliphatic heterocycles. The number of esters is 1. The Balaban J connectivity index is 1.78. The summed E-state index contributed by atoms with van der Waals surface area (Å²) >= 11 is 0. The Kier molecular flexibility index (Phi) is 8.54. The molecule has 40 heavy (non-hydrogen) atoms. The summed E-state index contributed by atoms with van der Waals surface area (Å²) in [6, 6.07) is 10.4. The summed E-state index contributed by atoms with van der Waals surface area (Å²) < 4.78 is 23.6. The standard InChI is InChI=1S/C31H38N2O7/c1-8-39-22-13-15-32(24(18-22)20-9-11-21(12-10-20)29(35)38-7)28(34)26-23-14-16-33(30(36)40-31(3,4)5)27(23)19(2)17-25(26)37-6/h9-12,14,16-17,22,24H,8,13,15,18H2,1-7H3/t22-,24+/m1/s1. The lowest BCUT2D eigenvalue weighted by molar-refractivity contribution is -0.00668. The molecule has 214 valence electrons. The lowest BCUT2D eigenvalue weighted by Gasteiger charge is -2.40. The molecule has 9 nitrogen and oxygen atoms in total. The second-order valence-electron chi connectivity index (χ2n) is 10.9. The summed E-state index contributed by atoms with van der Waals surface area (Å²) in [5.74, 6) is -0.193. The van der Waals surface area contributed by atoms with Crippen LogP contribution in [0.2, 0.25) is 0 Å². The molecular weight excluding hydrogens is 512 g/mol. The fourth-order valence-electron chi connectivity index (χ4n) is 5.33. The highest BCUT2D eigenvalue weighted by Crippen LogP contribution is 2.38. The van der Waals surface area contributed by atoms with Crippen molar-refractivity contribution in [1.29, 1.82) is 0 Å².